The Morgan fingerprint density at radius 3 is 2.67 bits per heavy atom. The molecule has 0 saturated heterocycles. The van der Waals surface area contributed by atoms with Crippen molar-refractivity contribution < 1.29 is 4.21 Å². The van der Waals surface area contributed by atoms with Crippen molar-refractivity contribution in [2.75, 3.05) is 0 Å². The first-order valence-electron chi connectivity index (χ1n) is 6.80. The molecule has 0 radical (unpaired) electrons. The molecule has 3 aromatic rings. The highest BCUT2D eigenvalue weighted by Crippen LogP contribution is 2.20. The van der Waals surface area contributed by atoms with Gasteiger partial charge in [-0.3, -0.25) is 9.19 Å². The second-order valence-electron chi connectivity index (χ2n) is 5.34. The van der Waals surface area contributed by atoms with Crippen LogP contribution in [0.1, 0.15) is 22.4 Å². The van der Waals surface area contributed by atoms with Crippen molar-refractivity contribution in [1.82, 2.24) is 15.0 Å². The second kappa shape index (κ2) is 5.41. The molecule has 21 heavy (non-hydrogen) atoms. The van der Waals surface area contributed by atoms with E-state index < -0.39 is 10.8 Å². The fourth-order valence-electron chi connectivity index (χ4n) is 2.34. The molecule has 108 valence electrons. The van der Waals surface area contributed by atoms with E-state index in [0.717, 1.165) is 27.9 Å². The molecule has 4 nitrogen and oxygen atoms in total. The van der Waals surface area contributed by atoms with Crippen molar-refractivity contribution in [3.05, 3.63) is 52.8 Å². The molecule has 0 spiro atoms. The molecular weight excluding hydrogens is 282 g/mol. The Labute approximate surface area is 126 Å². The third kappa shape index (κ3) is 2.88. The number of nitrogens with zero attached hydrogens (tertiary/aromatic N) is 2. The average Bonchev–Trinajstić information content (AvgIpc) is 2.85. The Kier molecular flexibility index (Phi) is 3.59. The van der Waals surface area contributed by atoms with Gasteiger partial charge in [-0.25, -0.2) is 4.98 Å². The Balaban J connectivity index is 1.91. The first-order valence-corrected chi connectivity index (χ1v) is 8.12. The minimum atomic E-state index is -1.22. The SMILES string of the molecule is Cc1ccc(CS(=O)c2nc3c(C)cc(C)cc3[nH]2)nc1. The predicted octanol–water partition coefficient (Wildman–Crippen LogP) is 3.19. The number of H-pyrrole nitrogens is 1. The van der Waals surface area contributed by atoms with Crippen LogP contribution in [0, 0.1) is 20.8 Å². The van der Waals surface area contributed by atoms with Gasteiger partial charge in [0.05, 0.1) is 33.3 Å². The van der Waals surface area contributed by atoms with Gasteiger partial charge in [-0.15, -0.1) is 0 Å². The van der Waals surface area contributed by atoms with Gasteiger partial charge in [0.15, 0.2) is 5.16 Å². The average molecular weight is 299 g/mol. The number of aromatic amines is 1. The first kappa shape index (κ1) is 13.9. The molecule has 2 aromatic heterocycles. The molecule has 1 N–H and O–H groups in total. The largest absolute Gasteiger partial charge is 0.331 e. The summed E-state index contributed by atoms with van der Waals surface area (Å²) in [5.41, 5.74) is 6.00. The minimum Gasteiger partial charge on any atom is -0.331 e. The predicted molar refractivity (Wildman–Crippen MR) is 84.7 cm³/mol. The van der Waals surface area contributed by atoms with E-state index in [4.69, 9.17) is 0 Å². The van der Waals surface area contributed by atoms with Crippen molar-refractivity contribution in [3.63, 3.8) is 0 Å². The molecule has 3 rings (SSSR count). The van der Waals surface area contributed by atoms with Crippen molar-refractivity contribution in [2.45, 2.75) is 31.7 Å². The molecule has 0 aliphatic carbocycles. The number of pyridine rings is 1. The lowest BCUT2D eigenvalue weighted by Gasteiger charge is -1.99. The molecule has 0 bridgehead atoms. The van der Waals surface area contributed by atoms with Gasteiger partial charge in [0.25, 0.3) is 0 Å². The highest BCUT2D eigenvalue weighted by molar-refractivity contribution is 7.84. The molecule has 0 aliphatic heterocycles. The molecule has 1 unspecified atom stereocenters. The van der Waals surface area contributed by atoms with Crippen LogP contribution in [0.2, 0.25) is 0 Å². The Morgan fingerprint density at radius 1 is 1.14 bits per heavy atom. The van der Waals surface area contributed by atoms with E-state index in [-0.39, 0.29) is 0 Å². The molecule has 0 saturated carbocycles. The number of aryl methyl sites for hydroxylation is 3. The number of aromatic nitrogens is 3. The van der Waals surface area contributed by atoms with Crippen molar-refractivity contribution in [3.8, 4) is 0 Å². The maximum absolute atomic E-state index is 12.4. The summed E-state index contributed by atoms with van der Waals surface area (Å²) in [4.78, 5) is 11.9. The molecule has 0 fully saturated rings. The van der Waals surface area contributed by atoms with Gasteiger partial charge < -0.3 is 4.98 Å². The number of imidazole rings is 1. The first-order chi connectivity index (χ1) is 10.0. The normalized spacial score (nSPS) is 12.7. The highest BCUT2D eigenvalue weighted by atomic mass is 32.2. The van der Waals surface area contributed by atoms with E-state index in [2.05, 4.69) is 21.0 Å². The summed E-state index contributed by atoms with van der Waals surface area (Å²) < 4.78 is 12.4. The van der Waals surface area contributed by atoms with Crippen LogP contribution in [0.3, 0.4) is 0 Å². The monoisotopic (exact) mass is 299 g/mol. The zero-order chi connectivity index (χ0) is 15.0. The quantitative estimate of drug-likeness (QED) is 0.808. The van der Waals surface area contributed by atoms with E-state index in [0.29, 0.717) is 10.9 Å². The summed E-state index contributed by atoms with van der Waals surface area (Å²) in [5.74, 6) is 0.373. The molecular formula is C16H17N3OS. The third-order valence-corrected chi connectivity index (χ3v) is 4.55. The van der Waals surface area contributed by atoms with E-state index in [1.807, 2.05) is 39.0 Å². The molecule has 0 aliphatic rings. The summed E-state index contributed by atoms with van der Waals surface area (Å²) in [6, 6.07) is 7.99. The van der Waals surface area contributed by atoms with E-state index in [1.54, 1.807) is 6.20 Å². The molecule has 1 atom stereocenters. The van der Waals surface area contributed by atoms with Crippen LogP contribution in [0.5, 0.6) is 0 Å². The molecule has 5 heteroatoms. The van der Waals surface area contributed by atoms with Gasteiger partial charge in [0, 0.05) is 6.20 Å². The standard InChI is InChI=1S/C16H17N3OS/c1-10-4-5-13(17-8-10)9-21(20)16-18-14-7-11(2)6-12(3)15(14)19-16/h4-8H,9H2,1-3H3,(H,18,19). The van der Waals surface area contributed by atoms with E-state index in [9.17, 15) is 4.21 Å². The van der Waals surface area contributed by atoms with Gasteiger partial charge in [-0.2, -0.15) is 0 Å². The summed E-state index contributed by atoms with van der Waals surface area (Å²) in [5, 5.41) is 0.515. The summed E-state index contributed by atoms with van der Waals surface area (Å²) in [6.45, 7) is 6.04. The number of rotatable bonds is 3. The lowest BCUT2D eigenvalue weighted by molar-refractivity contribution is 0.677. The number of nitrogens with one attached hydrogen (secondary N) is 1. The van der Waals surface area contributed by atoms with Crippen LogP contribution in [0.4, 0.5) is 0 Å². The highest BCUT2D eigenvalue weighted by Gasteiger charge is 2.13. The van der Waals surface area contributed by atoms with Crippen LogP contribution < -0.4 is 0 Å². The van der Waals surface area contributed by atoms with Crippen LogP contribution >= 0.6 is 0 Å². The number of hydrogen-bond acceptors (Lipinski definition) is 3. The molecule has 1 aromatic carbocycles. The van der Waals surface area contributed by atoms with Gasteiger partial charge in [-0.05, 0) is 49.6 Å². The van der Waals surface area contributed by atoms with Crippen LogP contribution in [0.25, 0.3) is 11.0 Å². The van der Waals surface area contributed by atoms with E-state index >= 15 is 0 Å². The summed E-state index contributed by atoms with van der Waals surface area (Å²) in [6.07, 6.45) is 1.79. The smallest absolute Gasteiger partial charge is 0.197 e. The fourth-order valence-corrected chi connectivity index (χ4v) is 3.34. The number of fused-ring (bicyclic) bond motifs is 1. The summed E-state index contributed by atoms with van der Waals surface area (Å²) in [7, 11) is -1.22. The molecule has 2 heterocycles. The van der Waals surface area contributed by atoms with Gasteiger partial charge >= 0.3 is 0 Å². The topological polar surface area (TPSA) is 58.6 Å². The van der Waals surface area contributed by atoms with E-state index in [1.165, 1.54) is 5.56 Å². The van der Waals surface area contributed by atoms with Crippen molar-refractivity contribution in [2.24, 2.45) is 0 Å². The Bertz CT molecular complexity index is 821. The van der Waals surface area contributed by atoms with Gasteiger partial charge in [-0.1, -0.05) is 12.1 Å². The van der Waals surface area contributed by atoms with Crippen molar-refractivity contribution >= 4 is 21.8 Å². The van der Waals surface area contributed by atoms with Crippen LogP contribution in [-0.2, 0) is 16.6 Å². The zero-order valence-corrected chi connectivity index (χ0v) is 13.1. The maximum atomic E-state index is 12.4. The van der Waals surface area contributed by atoms with Gasteiger partial charge in [0.2, 0.25) is 0 Å². The number of benzene rings is 1. The third-order valence-electron chi connectivity index (χ3n) is 3.37. The molecule has 0 amide bonds. The second-order valence-corrected chi connectivity index (χ2v) is 6.70. The Hall–Kier alpha value is -2.01. The Morgan fingerprint density at radius 2 is 1.95 bits per heavy atom. The van der Waals surface area contributed by atoms with Crippen LogP contribution in [0.15, 0.2) is 35.6 Å². The minimum absolute atomic E-state index is 0.373. The van der Waals surface area contributed by atoms with Crippen LogP contribution in [-0.4, -0.2) is 19.2 Å². The van der Waals surface area contributed by atoms with Gasteiger partial charge in [0.1, 0.15) is 0 Å². The van der Waals surface area contributed by atoms with Crippen molar-refractivity contribution in [1.29, 1.82) is 0 Å². The number of hydrogen-bond donors (Lipinski definition) is 1. The zero-order valence-electron chi connectivity index (χ0n) is 12.3. The fraction of sp³-hybridized carbons (Fsp3) is 0.250. The lowest BCUT2D eigenvalue weighted by atomic mass is 10.1. The summed E-state index contributed by atoms with van der Waals surface area (Å²) >= 11 is 0. The maximum Gasteiger partial charge on any atom is 0.197 e. The lowest BCUT2D eigenvalue weighted by Crippen LogP contribution is -2.00.